The number of nitrogens with zero attached hydrogens (tertiary/aromatic N) is 2. The summed E-state index contributed by atoms with van der Waals surface area (Å²) in [5.74, 6) is 0.407. The Morgan fingerprint density at radius 1 is 1.83 bits per heavy atom. The Morgan fingerprint density at radius 3 is 3.17 bits per heavy atom. The third kappa shape index (κ3) is 1.45. The van der Waals surface area contributed by atoms with E-state index in [1.165, 1.54) is 17.0 Å². The molecule has 0 atom stereocenters. The van der Waals surface area contributed by atoms with Crippen molar-refractivity contribution in [1.29, 1.82) is 0 Å². The highest BCUT2D eigenvalue weighted by molar-refractivity contribution is 5.70. The minimum Gasteiger partial charge on any atom is -0.493 e. The van der Waals surface area contributed by atoms with Crippen LogP contribution in [0.4, 0.5) is 5.82 Å². The van der Waals surface area contributed by atoms with E-state index in [0.29, 0.717) is 12.2 Å². The van der Waals surface area contributed by atoms with Gasteiger partial charge in [-0.05, 0) is 13.0 Å². The molecule has 0 aliphatic heterocycles. The molecule has 1 rings (SSSR count). The molecular weight excluding hydrogens is 158 g/mol. The lowest BCUT2D eigenvalue weighted by Crippen LogP contribution is -2.05. The summed E-state index contributed by atoms with van der Waals surface area (Å²) in [7, 11) is 0. The summed E-state index contributed by atoms with van der Waals surface area (Å²) in [6.45, 7) is 1.67. The molecule has 0 spiro atoms. The van der Waals surface area contributed by atoms with Crippen molar-refractivity contribution in [3.63, 3.8) is 0 Å². The molecule has 1 amide bonds. The van der Waals surface area contributed by atoms with E-state index in [1.807, 2.05) is 0 Å². The molecule has 64 valence electrons. The Kier molecular flexibility index (Phi) is 2.47. The van der Waals surface area contributed by atoms with E-state index in [2.05, 4.69) is 10.4 Å². The van der Waals surface area contributed by atoms with Crippen LogP contribution in [0, 0.1) is 0 Å². The fraction of sp³-hybridized carbons (Fsp3) is 0.143. The number of allylic oxidation sites excluding steroid dienone is 1. The average molecular weight is 167 g/mol. The second-order valence-electron chi connectivity index (χ2n) is 2.04. The molecule has 0 aliphatic carbocycles. The summed E-state index contributed by atoms with van der Waals surface area (Å²) in [6, 6.07) is 1.58. The van der Waals surface area contributed by atoms with Crippen molar-refractivity contribution in [2.24, 2.45) is 0 Å². The Bertz CT molecular complexity index is 303. The van der Waals surface area contributed by atoms with Gasteiger partial charge in [0.1, 0.15) is 5.82 Å². The van der Waals surface area contributed by atoms with Crippen LogP contribution in [0.2, 0.25) is 0 Å². The van der Waals surface area contributed by atoms with Crippen molar-refractivity contribution in [3.8, 4) is 0 Å². The van der Waals surface area contributed by atoms with Gasteiger partial charge in [0.2, 0.25) is 12.3 Å². The quantitative estimate of drug-likeness (QED) is 0.517. The van der Waals surface area contributed by atoms with Gasteiger partial charge in [0.05, 0.1) is 6.20 Å². The van der Waals surface area contributed by atoms with Crippen molar-refractivity contribution >= 4 is 18.1 Å². The van der Waals surface area contributed by atoms with Crippen LogP contribution in [0.3, 0.4) is 0 Å². The zero-order valence-corrected chi connectivity index (χ0v) is 6.56. The molecule has 0 unspecified atom stereocenters. The van der Waals surface area contributed by atoms with Gasteiger partial charge in [-0.25, -0.2) is 0 Å². The Labute approximate surface area is 69.3 Å². The summed E-state index contributed by atoms with van der Waals surface area (Å²) in [6.07, 6.45) is 3.48. The fourth-order valence-electron chi connectivity index (χ4n) is 0.778. The van der Waals surface area contributed by atoms with Crippen molar-refractivity contribution < 1.29 is 9.90 Å². The predicted octanol–water partition coefficient (Wildman–Crippen LogP) is 0.828. The maximum atomic E-state index is 10.1. The summed E-state index contributed by atoms with van der Waals surface area (Å²) in [5.41, 5.74) is 0. The molecule has 0 bridgehead atoms. The highest BCUT2D eigenvalue weighted by Crippen LogP contribution is 2.09. The number of amides is 1. The lowest BCUT2D eigenvalue weighted by atomic mass is 10.6. The Hall–Kier alpha value is -1.78. The van der Waals surface area contributed by atoms with E-state index in [-0.39, 0.29) is 5.88 Å². The second-order valence-corrected chi connectivity index (χ2v) is 2.04. The van der Waals surface area contributed by atoms with E-state index in [0.717, 1.165) is 0 Å². The van der Waals surface area contributed by atoms with Crippen molar-refractivity contribution in [3.05, 3.63) is 18.3 Å². The number of aromatic nitrogens is 2. The fourth-order valence-corrected chi connectivity index (χ4v) is 0.778. The van der Waals surface area contributed by atoms with E-state index in [4.69, 9.17) is 0 Å². The molecule has 12 heavy (non-hydrogen) atoms. The minimum atomic E-state index is -0.0237. The standard InChI is InChI=1S/C7H9N3O2/c1-2-7(12)10-6(8-5-11)3-4-9-10/h2-5,12H,1H3,(H,8,11)/b7-2+. The number of carbonyl (C=O) groups excluding carboxylic acids is 1. The zero-order chi connectivity index (χ0) is 8.97. The summed E-state index contributed by atoms with van der Waals surface area (Å²) in [5, 5.41) is 15.4. The number of rotatable bonds is 3. The van der Waals surface area contributed by atoms with Gasteiger partial charge in [0.15, 0.2) is 0 Å². The van der Waals surface area contributed by atoms with Gasteiger partial charge >= 0.3 is 0 Å². The number of aliphatic hydroxyl groups excluding tert-OH is 1. The monoisotopic (exact) mass is 167 g/mol. The predicted molar refractivity (Wildman–Crippen MR) is 44.5 cm³/mol. The molecule has 0 aliphatic rings. The largest absolute Gasteiger partial charge is 0.493 e. The van der Waals surface area contributed by atoms with E-state index in [1.54, 1.807) is 13.0 Å². The molecule has 5 nitrogen and oxygen atoms in total. The van der Waals surface area contributed by atoms with Crippen LogP contribution in [0.15, 0.2) is 18.3 Å². The van der Waals surface area contributed by atoms with Crippen molar-refractivity contribution in [2.45, 2.75) is 6.92 Å². The first-order chi connectivity index (χ1) is 5.79. The summed E-state index contributed by atoms with van der Waals surface area (Å²) in [4.78, 5) is 10.1. The zero-order valence-electron chi connectivity index (χ0n) is 6.56. The molecule has 1 heterocycles. The van der Waals surface area contributed by atoms with Gasteiger partial charge in [0, 0.05) is 6.07 Å². The molecule has 1 aromatic heterocycles. The van der Waals surface area contributed by atoms with Crippen molar-refractivity contribution in [1.82, 2.24) is 9.78 Å². The number of hydrogen-bond acceptors (Lipinski definition) is 3. The second kappa shape index (κ2) is 3.56. The van der Waals surface area contributed by atoms with E-state index in [9.17, 15) is 9.90 Å². The molecule has 0 saturated carbocycles. The van der Waals surface area contributed by atoms with Gasteiger partial charge in [-0.3, -0.25) is 4.79 Å². The SMILES string of the molecule is C/C=C(/O)n1nccc1NC=O. The molecule has 1 aromatic rings. The highest BCUT2D eigenvalue weighted by Gasteiger charge is 2.02. The van der Waals surface area contributed by atoms with Crippen LogP contribution in [-0.4, -0.2) is 21.3 Å². The van der Waals surface area contributed by atoms with Crippen LogP contribution >= 0.6 is 0 Å². The third-order valence-electron chi connectivity index (χ3n) is 1.32. The molecule has 2 N–H and O–H groups in total. The van der Waals surface area contributed by atoms with Gasteiger partial charge < -0.3 is 10.4 Å². The molecular formula is C7H9N3O2. The lowest BCUT2D eigenvalue weighted by Gasteiger charge is -2.02. The highest BCUT2D eigenvalue weighted by atomic mass is 16.3. The van der Waals surface area contributed by atoms with Gasteiger partial charge in [-0.15, -0.1) is 0 Å². The lowest BCUT2D eigenvalue weighted by molar-refractivity contribution is -0.105. The molecule has 0 radical (unpaired) electrons. The molecule has 5 heteroatoms. The Morgan fingerprint density at radius 2 is 2.58 bits per heavy atom. The first kappa shape index (κ1) is 8.32. The Balaban J connectivity index is 2.98. The van der Waals surface area contributed by atoms with E-state index < -0.39 is 0 Å². The smallest absolute Gasteiger partial charge is 0.212 e. The molecule has 0 saturated heterocycles. The maximum Gasteiger partial charge on any atom is 0.212 e. The first-order valence-electron chi connectivity index (χ1n) is 3.39. The topological polar surface area (TPSA) is 67.2 Å². The van der Waals surface area contributed by atoms with Gasteiger partial charge in [0.25, 0.3) is 0 Å². The van der Waals surface area contributed by atoms with Gasteiger partial charge in [-0.1, -0.05) is 0 Å². The number of aliphatic hydroxyl groups is 1. The minimum absolute atomic E-state index is 0.0237. The summed E-state index contributed by atoms with van der Waals surface area (Å²) < 4.78 is 1.22. The molecule has 0 aromatic carbocycles. The average Bonchev–Trinajstić information content (AvgIpc) is 2.52. The van der Waals surface area contributed by atoms with Crippen LogP contribution in [0.25, 0.3) is 5.88 Å². The number of anilines is 1. The van der Waals surface area contributed by atoms with Gasteiger partial charge in [-0.2, -0.15) is 9.78 Å². The van der Waals surface area contributed by atoms with Crippen LogP contribution < -0.4 is 5.32 Å². The normalized spacial score (nSPS) is 11.2. The van der Waals surface area contributed by atoms with Crippen LogP contribution in [0.1, 0.15) is 6.92 Å². The summed E-state index contributed by atoms with van der Waals surface area (Å²) >= 11 is 0. The first-order valence-corrected chi connectivity index (χ1v) is 3.39. The maximum absolute atomic E-state index is 10.1. The van der Waals surface area contributed by atoms with Crippen molar-refractivity contribution in [2.75, 3.05) is 5.32 Å². The van der Waals surface area contributed by atoms with Crippen LogP contribution in [-0.2, 0) is 4.79 Å². The molecule has 0 fully saturated rings. The number of hydrogen-bond donors (Lipinski definition) is 2. The third-order valence-corrected chi connectivity index (χ3v) is 1.32. The van der Waals surface area contributed by atoms with E-state index >= 15 is 0 Å². The van der Waals surface area contributed by atoms with Crippen LogP contribution in [0.5, 0.6) is 0 Å². The number of carbonyl (C=O) groups is 1. The number of nitrogens with one attached hydrogen (secondary N) is 1.